The van der Waals surface area contributed by atoms with Gasteiger partial charge in [-0.1, -0.05) is 0 Å². The predicted molar refractivity (Wildman–Crippen MR) is 105 cm³/mol. The van der Waals surface area contributed by atoms with Gasteiger partial charge in [0, 0.05) is 50.9 Å². The van der Waals surface area contributed by atoms with E-state index in [-0.39, 0.29) is 11.9 Å². The van der Waals surface area contributed by atoms with Crippen LogP contribution >= 0.6 is 0 Å². The molecule has 2 saturated heterocycles. The Morgan fingerprint density at radius 2 is 1.52 bits per heavy atom. The molecule has 6 nitrogen and oxygen atoms in total. The highest BCUT2D eigenvalue weighted by Crippen LogP contribution is 2.25. The van der Waals surface area contributed by atoms with Crippen LogP contribution in [-0.4, -0.2) is 86.0 Å². The van der Waals surface area contributed by atoms with E-state index < -0.39 is 0 Å². The minimum atomic E-state index is -0.382. The van der Waals surface area contributed by atoms with E-state index in [0.29, 0.717) is 23.1 Å². The van der Waals surface area contributed by atoms with Gasteiger partial charge in [-0.3, -0.25) is 9.69 Å². The first kappa shape index (κ1) is 19.8. The Labute approximate surface area is 162 Å². The first-order valence-corrected chi connectivity index (χ1v) is 9.90. The minimum absolute atomic E-state index is 0.0529. The fourth-order valence-corrected chi connectivity index (χ4v) is 4.16. The second kappa shape index (κ2) is 8.85. The van der Waals surface area contributed by atoms with Gasteiger partial charge in [-0.05, 0) is 57.0 Å². The van der Waals surface area contributed by atoms with Gasteiger partial charge >= 0.3 is 5.97 Å². The fraction of sp³-hybridized carbons (Fsp3) is 0.619. The first-order valence-electron chi connectivity index (χ1n) is 9.90. The largest absolute Gasteiger partial charge is 0.465 e. The number of methoxy groups -OCH3 is 1. The highest BCUT2D eigenvalue weighted by molar-refractivity contribution is 5.96. The van der Waals surface area contributed by atoms with Crippen molar-refractivity contribution in [2.24, 2.45) is 5.92 Å². The van der Waals surface area contributed by atoms with E-state index in [4.69, 9.17) is 4.74 Å². The lowest BCUT2D eigenvalue weighted by molar-refractivity contribution is 0.0499. The third-order valence-corrected chi connectivity index (χ3v) is 6.18. The van der Waals surface area contributed by atoms with Crippen LogP contribution in [-0.2, 0) is 4.74 Å². The molecule has 148 valence electrons. The molecule has 6 heteroatoms. The Morgan fingerprint density at radius 1 is 0.963 bits per heavy atom. The van der Waals surface area contributed by atoms with Crippen molar-refractivity contribution in [1.82, 2.24) is 14.7 Å². The smallest absolute Gasteiger partial charge is 0.337 e. The average molecular weight is 373 g/mol. The van der Waals surface area contributed by atoms with Crippen molar-refractivity contribution < 1.29 is 14.3 Å². The van der Waals surface area contributed by atoms with Gasteiger partial charge in [-0.2, -0.15) is 0 Å². The molecule has 1 atom stereocenters. The summed E-state index contributed by atoms with van der Waals surface area (Å²) in [4.78, 5) is 31.2. The number of esters is 1. The summed E-state index contributed by atoms with van der Waals surface area (Å²) in [7, 11) is 3.54. The molecule has 1 aromatic carbocycles. The molecule has 0 saturated carbocycles. The number of nitrogens with zero attached hydrogens (tertiary/aromatic N) is 3. The number of piperazine rings is 1. The Bertz CT molecular complexity index is 645. The molecule has 3 rings (SSSR count). The van der Waals surface area contributed by atoms with Gasteiger partial charge < -0.3 is 14.5 Å². The number of carbonyl (C=O) groups excluding carboxylic acids is 2. The number of piperidine rings is 1. The van der Waals surface area contributed by atoms with Crippen LogP contribution in [0.2, 0.25) is 0 Å². The molecule has 0 unspecified atom stereocenters. The molecule has 0 spiro atoms. The molecule has 2 aliphatic rings. The number of carbonyl (C=O) groups is 2. The molecular weight excluding hydrogens is 342 g/mol. The van der Waals surface area contributed by atoms with E-state index >= 15 is 0 Å². The molecule has 0 radical (unpaired) electrons. The molecule has 2 heterocycles. The SMILES string of the molecule is COC(=O)c1ccc(C(=O)N2CCC([C@H](C)N3CCN(C)CC3)CC2)cc1. The topological polar surface area (TPSA) is 53.1 Å². The Morgan fingerprint density at radius 3 is 2.07 bits per heavy atom. The van der Waals surface area contributed by atoms with E-state index in [1.54, 1.807) is 24.3 Å². The van der Waals surface area contributed by atoms with Crippen molar-refractivity contribution >= 4 is 11.9 Å². The molecule has 2 fully saturated rings. The maximum Gasteiger partial charge on any atom is 0.337 e. The summed E-state index contributed by atoms with van der Waals surface area (Å²) in [6.45, 7) is 8.53. The number of benzene rings is 1. The number of likely N-dealkylation sites (N-methyl/N-ethyl adjacent to an activating group) is 1. The maximum atomic E-state index is 12.8. The van der Waals surface area contributed by atoms with Crippen molar-refractivity contribution in [2.75, 3.05) is 53.4 Å². The minimum Gasteiger partial charge on any atom is -0.465 e. The monoisotopic (exact) mass is 373 g/mol. The Balaban J connectivity index is 1.52. The van der Waals surface area contributed by atoms with Crippen LogP contribution in [0.15, 0.2) is 24.3 Å². The number of likely N-dealkylation sites (tertiary alicyclic amines) is 1. The van der Waals surface area contributed by atoms with Crippen molar-refractivity contribution in [3.05, 3.63) is 35.4 Å². The molecule has 1 amide bonds. The van der Waals surface area contributed by atoms with E-state index in [1.807, 2.05) is 4.90 Å². The van der Waals surface area contributed by atoms with Gasteiger partial charge in [0.2, 0.25) is 0 Å². The zero-order valence-electron chi connectivity index (χ0n) is 16.7. The number of ether oxygens (including phenoxy) is 1. The Hall–Kier alpha value is -1.92. The lowest BCUT2D eigenvalue weighted by atomic mass is 9.88. The van der Waals surface area contributed by atoms with Crippen molar-refractivity contribution in [2.45, 2.75) is 25.8 Å². The van der Waals surface area contributed by atoms with Crippen LogP contribution < -0.4 is 0 Å². The molecule has 1 aromatic rings. The summed E-state index contributed by atoms with van der Waals surface area (Å²) in [6, 6.07) is 7.32. The van der Waals surface area contributed by atoms with Crippen LogP contribution in [0.1, 0.15) is 40.5 Å². The standard InChI is InChI=1S/C21H31N3O3/c1-16(23-14-12-22(2)13-15-23)17-8-10-24(11-9-17)20(25)18-4-6-19(7-5-18)21(26)27-3/h4-7,16-17H,8-15H2,1-3H3/t16-/m0/s1. The molecule has 2 aliphatic heterocycles. The zero-order chi connectivity index (χ0) is 19.4. The number of rotatable bonds is 4. The van der Waals surface area contributed by atoms with Gasteiger partial charge in [0.15, 0.2) is 0 Å². The summed E-state index contributed by atoms with van der Waals surface area (Å²) in [6.07, 6.45) is 2.11. The van der Waals surface area contributed by atoms with Gasteiger partial charge in [0.05, 0.1) is 12.7 Å². The number of hydrogen-bond donors (Lipinski definition) is 0. The molecule has 27 heavy (non-hydrogen) atoms. The highest BCUT2D eigenvalue weighted by atomic mass is 16.5. The van der Waals surface area contributed by atoms with Crippen LogP contribution in [0.4, 0.5) is 0 Å². The summed E-state index contributed by atoms with van der Waals surface area (Å²) < 4.78 is 4.70. The van der Waals surface area contributed by atoms with Crippen LogP contribution in [0, 0.1) is 5.92 Å². The van der Waals surface area contributed by atoms with Gasteiger partial charge in [0.25, 0.3) is 5.91 Å². The van der Waals surface area contributed by atoms with Crippen LogP contribution in [0.3, 0.4) is 0 Å². The summed E-state index contributed by atoms with van der Waals surface area (Å²) >= 11 is 0. The third-order valence-electron chi connectivity index (χ3n) is 6.18. The van der Waals surface area contributed by atoms with E-state index in [2.05, 4.69) is 23.8 Å². The average Bonchev–Trinajstić information content (AvgIpc) is 2.73. The van der Waals surface area contributed by atoms with Crippen LogP contribution in [0.5, 0.6) is 0 Å². The lowest BCUT2D eigenvalue weighted by Crippen LogP contribution is -2.52. The van der Waals surface area contributed by atoms with E-state index in [0.717, 1.165) is 52.1 Å². The molecule has 0 aliphatic carbocycles. The molecule has 0 aromatic heterocycles. The number of hydrogen-bond acceptors (Lipinski definition) is 5. The molecule has 0 N–H and O–H groups in total. The normalized spacial score (nSPS) is 21.1. The first-order chi connectivity index (χ1) is 13.0. The van der Waals surface area contributed by atoms with Gasteiger partial charge in [-0.25, -0.2) is 4.79 Å². The second-order valence-electron chi connectivity index (χ2n) is 7.78. The van der Waals surface area contributed by atoms with Crippen molar-refractivity contribution in [3.8, 4) is 0 Å². The third kappa shape index (κ3) is 4.68. The van der Waals surface area contributed by atoms with Gasteiger partial charge in [0.1, 0.15) is 0 Å². The fourth-order valence-electron chi connectivity index (χ4n) is 4.16. The van der Waals surface area contributed by atoms with Gasteiger partial charge in [-0.15, -0.1) is 0 Å². The molecule has 0 bridgehead atoms. The highest BCUT2D eigenvalue weighted by Gasteiger charge is 2.30. The Kier molecular flexibility index (Phi) is 6.50. The zero-order valence-corrected chi connectivity index (χ0v) is 16.7. The van der Waals surface area contributed by atoms with Crippen molar-refractivity contribution in [3.63, 3.8) is 0 Å². The van der Waals surface area contributed by atoms with E-state index in [9.17, 15) is 9.59 Å². The van der Waals surface area contributed by atoms with Crippen molar-refractivity contribution in [1.29, 1.82) is 0 Å². The number of amides is 1. The van der Waals surface area contributed by atoms with Crippen LogP contribution in [0.25, 0.3) is 0 Å². The van der Waals surface area contributed by atoms with E-state index in [1.165, 1.54) is 7.11 Å². The summed E-state index contributed by atoms with van der Waals surface area (Å²) in [5.74, 6) is 0.323. The second-order valence-corrected chi connectivity index (χ2v) is 7.78. The predicted octanol–water partition coefficient (Wildman–Crippen LogP) is 1.96. The lowest BCUT2D eigenvalue weighted by Gasteiger charge is -2.42. The maximum absolute atomic E-state index is 12.8. The summed E-state index contributed by atoms with van der Waals surface area (Å²) in [5, 5.41) is 0. The molecular formula is C21H31N3O3. The summed E-state index contributed by atoms with van der Waals surface area (Å²) in [5.41, 5.74) is 1.10. The quantitative estimate of drug-likeness (QED) is 0.755.